The van der Waals surface area contributed by atoms with Gasteiger partial charge in [-0.3, -0.25) is 0 Å². The SMILES string of the molecule is CCCCNCCNCCC[Si](OCC)(OCC)OCC. The number of hydrogen-bond donors (Lipinski definition) is 2. The van der Waals surface area contributed by atoms with Gasteiger partial charge in [-0.2, -0.15) is 0 Å². The Morgan fingerprint density at radius 3 is 1.57 bits per heavy atom. The molecule has 0 unspecified atom stereocenters. The fourth-order valence-corrected chi connectivity index (χ4v) is 4.77. The molecule has 0 saturated heterocycles. The molecule has 21 heavy (non-hydrogen) atoms. The van der Waals surface area contributed by atoms with Crippen molar-refractivity contribution in [2.24, 2.45) is 0 Å². The lowest BCUT2D eigenvalue weighted by Crippen LogP contribution is -2.46. The topological polar surface area (TPSA) is 51.8 Å². The molecule has 0 aliphatic rings. The third kappa shape index (κ3) is 11.3. The molecule has 2 N–H and O–H groups in total. The minimum Gasteiger partial charge on any atom is -0.374 e. The standard InChI is InChI=1S/C15H36N2O3Si/c1-5-9-11-16-13-14-17-12-10-15-21(18-6-2,19-7-3)20-8-4/h16-17H,5-15H2,1-4H3. The first-order valence-corrected chi connectivity index (χ1v) is 10.5. The van der Waals surface area contributed by atoms with E-state index in [1.165, 1.54) is 12.8 Å². The monoisotopic (exact) mass is 320 g/mol. The summed E-state index contributed by atoms with van der Waals surface area (Å²) in [5.41, 5.74) is 0. The van der Waals surface area contributed by atoms with Gasteiger partial charge in [-0.25, -0.2) is 0 Å². The summed E-state index contributed by atoms with van der Waals surface area (Å²) in [6.45, 7) is 14.3. The van der Waals surface area contributed by atoms with Crippen molar-refractivity contribution in [2.75, 3.05) is 46.0 Å². The molecule has 6 heteroatoms. The van der Waals surface area contributed by atoms with Crippen molar-refractivity contribution in [1.82, 2.24) is 10.6 Å². The molecular weight excluding hydrogens is 284 g/mol. The average Bonchev–Trinajstić information content (AvgIpc) is 2.46. The van der Waals surface area contributed by atoms with Gasteiger partial charge >= 0.3 is 8.80 Å². The summed E-state index contributed by atoms with van der Waals surface area (Å²) in [5.74, 6) is 0. The Hall–Kier alpha value is 0.0169. The maximum Gasteiger partial charge on any atom is 0.500 e. The summed E-state index contributed by atoms with van der Waals surface area (Å²) in [7, 11) is -2.44. The number of nitrogens with one attached hydrogen (secondary N) is 2. The van der Waals surface area contributed by atoms with Crippen molar-refractivity contribution in [1.29, 1.82) is 0 Å². The molecular formula is C15H36N2O3Si. The summed E-state index contributed by atoms with van der Waals surface area (Å²) in [5, 5.41) is 6.88. The molecule has 0 aliphatic carbocycles. The second kappa shape index (κ2) is 14.9. The zero-order valence-corrected chi connectivity index (χ0v) is 15.5. The molecule has 0 saturated carbocycles. The van der Waals surface area contributed by atoms with Crippen LogP contribution in [-0.2, 0) is 13.3 Å². The maximum absolute atomic E-state index is 5.84. The third-order valence-electron chi connectivity index (χ3n) is 3.11. The second-order valence-electron chi connectivity index (χ2n) is 4.94. The number of unbranched alkanes of at least 4 members (excludes halogenated alkanes) is 1. The number of hydrogen-bond acceptors (Lipinski definition) is 5. The second-order valence-corrected chi connectivity index (χ2v) is 7.67. The van der Waals surface area contributed by atoms with Crippen molar-refractivity contribution in [3.63, 3.8) is 0 Å². The third-order valence-corrected chi connectivity index (χ3v) is 6.27. The molecule has 0 spiro atoms. The fourth-order valence-electron chi connectivity index (χ4n) is 2.16. The van der Waals surface area contributed by atoms with Crippen molar-refractivity contribution >= 4 is 8.80 Å². The van der Waals surface area contributed by atoms with Crippen LogP contribution in [0.4, 0.5) is 0 Å². The van der Waals surface area contributed by atoms with Gasteiger partial charge in [0.2, 0.25) is 0 Å². The predicted molar refractivity (Wildman–Crippen MR) is 90.7 cm³/mol. The Bertz CT molecular complexity index is 204. The normalized spacial score (nSPS) is 12.0. The molecule has 0 aromatic heterocycles. The van der Waals surface area contributed by atoms with Crippen LogP contribution in [0.5, 0.6) is 0 Å². The van der Waals surface area contributed by atoms with Crippen molar-refractivity contribution in [3.05, 3.63) is 0 Å². The molecule has 0 fully saturated rings. The zero-order chi connectivity index (χ0) is 15.8. The highest BCUT2D eigenvalue weighted by Crippen LogP contribution is 2.17. The highest BCUT2D eigenvalue weighted by molar-refractivity contribution is 6.60. The zero-order valence-electron chi connectivity index (χ0n) is 14.5. The van der Waals surface area contributed by atoms with Gasteiger partial charge < -0.3 is 23.9 Å². The highest BCUT2D eigenvalue weighted by atomic mass is 28.4. The Morgan fingerprint density at radius 2 is 1.14 bits per heavy atom. The lowest BCUT2D eigenvalue weighted by Gasteiger charge is -2.28. The van der Waals surface area contributed by atoms with E-state index in [0.29, 0.717) is 19.8 Å². The summed E-state index contributed by atoms with van der Waals surface area (Å²) < 4.78 is 17.5. The molecule has 0 amide bonds. The molecule has 0 aliphatic heterocycles. The lowest BCUT2D eigenvalue weighted by atomic mass is 10.3. The Kier molecular flexibility index (Phi) is 14.9. The van der Waals surface area contributed by atoms with E-state index < -0.39 is 8.80 Å². The van der Waals surface area contributed by atoms with E-state index >= 15 is 0 Å². The fraction of sp³-hybridized carbons (Fsp3) is 1.00. The van der Waals surface area contributed by atoms with Gasteiger partial charge in [-0.1, -0.05) is 13.3 Å². The van der Waals surface area contributed by atoms with E-state index in [0.717, 1.165) is 38.6 Å². The van der Waals surface area contributed by atoms with Crippen molar-refractivity contribution in [3.8, 4) is 0 Å². The first kappa shape index (κ1) is 21.0. The molecule has 0 heterocycles. The van der Waals surface area contributed by atoms with Crippen LogP contribution in [0, 0.1) is 0 Å². The smallest absolute Gasteiger partial charge is 0.374 e. The molecule has 0 radical (unpaired) electrons. The molecule has 5 nitrogen and oxygen atoms in total. The van der Waals surface area contributed by atoms with Gasteiger partial charge in [-0.15, -0.1) is 0 Å². The predicted octanol–water partition coefficient (Wildman–Crippen LogP) is 2.40. The first-order chi connectivity index (χ1) is 10.2. The van der Waals surface area contributed by atoms with Crippen molar-refractivity contribution in [2.45, 2.75) is 53.0 Å². The van der Waals surface area contributed by atoms with Gasteiger partial charge in [0.1, 0.15) is 0 Å². The Labute approximate surface area is 132 Å². The summed E-state index contributed by atoms with van der Waals surface area (Å²) in [4.78, 5) is 0. The summed E-state index contributed by atoms with van der Waals surface area (Å²) >= 11 is 0. The Morgan fingerprint density at radius 1 is 0.667 bits per heavy atom. The van der Waals surface area contributed by atoms with Gasteiger partial charge in [0.15, 0.2) is 0 Å². The largest absolute Gasteiger partial charge is 0.500 e. The molecule has 128 valence electrons. The summed E-state index contributed by atoms with van der Waals surface area (Å²) in [6, 6.07) is 0.888. The number of rotatable bonds is 16. The van der Waals surface area contributed by atoms with Crippen LogP contribution < -0.4 is 10.6 Å². The highest BCUT2D eigenvalue weighted by Gasteiger charge is 2.39. The van der Waals surface area contributed by atoms with Gasteiger partial charge in [0.05, 0.1) is 0 Å². The van der Waals surface area contributed by atoms with Crippen molar-refractivity contribution < 1.29 is 13.3 Å². The average molecular weight is 321 g/mol. The van der Waals surface area contributed by atoms with E-state index in [4.69, 9.17) is 13.3 Å². The van der Waals surface area contributed by atoms with Gasteiger partial charge in [-0.05, 0) is 46.7 Å². The lowest BCUT2D eigenvalue weighted by molar-refractivity contribution is 0.0708. The minimum absolute atomic E-state index is 0.654. The van der Waals surface area contributed by atoms with E-state index in [-0.39, 0.29) is 0 Å². The molecule has 0 aromatic carbocycles. The molecule has 0 atom stereocenters. The molecule has 0 aromatic rings. The van der Waals surface area contributed by atoms with E-state index in [2.05, 4.69) is 17.6 Å². The molecule has 0 rings (SSSR count). The first-order valence-electron chi connectivity index (χ1n) is 8.57. The van der Waals surface area contributed by atoms with E-state index in [9.17, 15) is 0 Å². The minimum atomic E-state index is -2.44. The Balaban J connectivity index is 3.76. The van der Waals surface area contributed by atoms with Crippen LogP contribution in [-0.4, -0.2) is 54.8 Å². The van der Waals surface area contributed by atoms with Gasteiger partial charge in [0, 0.05) is 39.0 Å². The van der Waals surface area contributed by atoms with E-state index in [1.54, 1.807) is 0 Å². The summed E-state index contributed by atoms with van der Waals surface area (Å²) in [6.07, 6.45) is 3.53. The van der Waals surface area contributed by atoms with Crippen LogP contribution >= 0.6 is 0 Å². The quantitative estimate of drug-likeness (QED) is 0.338. The van der Waals surface area contributed by atoms with Crippen LogP contribution in [0.25, 0.3) is 0 Å². The van der Waals surface area contributed by atoms with Gasteiger partial charge in [0.25, 0.3) is 0 Å². The van der Waals surface area contributed by atoms with Crippen LogP contribution in [0.1, 0.15) is 47.0 Å². The van der Waals surface area contributed by atoms with E-state index in [1.807, 2.05) is 20.8 Å². The molecule has 0 bridgehead atoms. The van der Waals surface area contributed by atoms with Crippen LogP contribution in [0.3, 0.4) is 0 Å². The van der Waals surface area contributed by atoms with Crippen LogP contribution in [0.15, 0.2) is 0 Å². The van der Waals surface area contributed by atoms with Crippen LogP contribution in [0.2, 0.25) is 6.04 Å². The maximum atomic E-state index is 5.84.